The highest BCUT2D eigenvalue weighted by Gasteiger charge is 2.55. The minimum absolute atomic E-state index is 0.105. The van der Waals surface area contributed by atoms with Crippen LogP contribution in [-0.4, -0.2) is 50.6 Å². The van der Waals surface area contributed by atoms with Crippen molar-refractivity contribution in [1.82, 2.24) is 14.7 Å². The molecule has 5 nitrogen and oxygen atoms in total. The molecule has 1 N–H and O–H groups in total. The van der Waals surface area contributed by atoms with Gasteiger partial charge < -0.3 is 10.0 Å². The first-order chi connectivity index (χ1) is 11.1. The summed E-state index contributed by atoms with van der Waals surface area (Å²) < 4.78 is 40.5. The molecule has 2 heterocycles. The average molecular weight is 345 g/mol. The Labute approximate surface area is 138 Å². The average Bonchev–Trinajstić information content (AvgIpc) is 3.24. The summed E-state index contributed by atoms with van der Waals surface area (Å²) in [6, 6.07) is 0.124. The number of aliphatic hydroxyl groups is 1. The molecule has 3 rings (SSSR count). The van der Waals surface area contributed by atoms with Crippen LogP contribution in [0, 0.1) is 0 Å². The number of nitrogens with zero attached hydrogens (tertiary/aromatic N) is 3. The fourth-order valence-electron chi connectivity index (χ4n) is 3.25. The summed E-state index contributed by atoms with van der Waals surface area (Å²) in [5, 5.41) is 14.0. The van der Waals surface area contributed by atoms with Crippen molar-refractivity contribution in [3.63, 3.8) is 0 Å². The minimum atomic E-state index is -4.66. The van der Waals surface area contributed by atoms with Crippen LogP contribution in [0.25, 0.3) is 0 Å². The lowest BCUT2D eigenvalue weighted by atomic mass is 9.90. The van der Waals surface area contributed by atoms with Crippen molar-refractivity contribution in [2.75, 3.05) is 13.1 Å². The first-order valence-corrected chi connectivity index (χ1v) is 8.30. The van der Waals surface area contributed by atoms with Crippen molar-refractivity contribution in [3.05, 3.63) is 17.5 Å². The van der Waals surface area contributed by atoms with Gasteiger partial charge in [0, 0.05) is 37.9 Å². The van der Waals surface area contributed by atoms with Gasteiger partial charge in [0.25, 0.3) is 5.91 Å². The van der Waals surface area contributed by atoms with E-state index in [1.807, 2.05) is 18.5 Å². The Morgan fingerprint density at radius 1 is 1.33 bits per heavy atom. The molecule has 1 saturated heterocycles. The number of alkyl halides is 3. The van der Waals surface area contributed by atoms with Crippen LogP contribution < -0.4 is 0 Å². The summed E-state index contributed by atoms with van der Waals surface area (Å²) in [7, 11) is 0. The number of rotatable bonds is 3. The molecule has 0 radical (unpaired) electrons. The van der Waals surface area contributed by atoms with E-state index in [0.29, 0.717) is 11.5 Å². The van der Waals surface area contributed by atoms with Crippen LogP contribution in [0.3, 0.4) is 0 Å². The maximum Gasteiger partial charge on any atom is 0.417 e. The van der Waals surface area contributed by atoms with Crippen LogP contribution in [0.4, 0.5) is 13.2 Å². The van der Waals surface area contributed by atoms with Gasteiger partial charge in [0.05, 0.1) is 17.5 Å². The van der Waals surface area contributed by atoms with E-state index in [-0.39, 0.29) is 25.0 Å². The predicted molar refractivity (Wildman–Crippen MR) is 80.7 cm³/mol. The number of aromatic nitrogens is 2. The first kappa shape index (κ1) is 17.3. The normalized spacial score (nSPS) is 21.4. The number of piperidine rings is 1. The Hall–Kier alpha value is -1.57. The van der Waals surface area contributed by atoms with Crippen molar-refractivity contribution >= 4 is 5.91 Å². The Balaban J connectivity index is 1.77. The molecule has 134 valence electrons. The molecule has 1 amide bonds. The summed E-state index contributed by atoms with van der Waals surface area (Å²) in [6.45, 7) is 3.76. The van der Waals surface area contributed by atoms with Gasteiger partial charge in [-0.1, -0.05) is 0 Å². The molecule has 0 bridgehead atoms. The van der Waals surface area contributed by atoms with Gasteiger partial charge in [-0.3, -0.25) is 9.48 Å². The third kappa shape index (κ3) is 2.92. The van der Waals surface area contributed by atoms with E-state index in [1.54, 1.807) is 0 Å². The van der Waals surface area contributed by atoms with Gasteiger partial charge in [-0.05, 0) is 26.7 Å². The van der Waals surface area contributed by atoms with E-state index in [9.17, 15) is 23.1 Å². The zero-order valence-electron chi connectivity index (χ0n) is 13.8. The van der Waals surface area contributed by atoms with E-state index >= 15 is 0 Å². The van der Waals surface area contributed by atoms with E-state index < -0.39 is 24.6 Å². The maximum absolute atomic E-state index is 12.9. The highest BCUT2D eigenvalue weighted by Crippen LogP contribution is 2.43. The third-order valence-electron chi connectivity index (χ3n) is 4.92. The summed E-state index contributed by atoms with van der Waals surface area (Å²) in [5.41, 5.74) is -1.30. The first-order valence-electron chi connectivity index (χ1n) is 8.30. The third-order valence-corrected chi connectivity index (χ3v) is 4.92. The minimum Gasteiger partial charge on any atom is -0.380 e. The van der Waals surface area contributed by atoms with Crippen molar-refractivity contribution < 1.29 is 23.1 Å². The van der Waals surface area contributed by atoms with Crippen LogP contribution in [0.5, 0.6) is 0 Å². The second-order valence-corrected chi connectivity index (χ2v) is 7.08. The Morgan fingerprint density at radius 3 is 2.38 bits per heavy atom. The van der Waals surface area contributed by atoms with Gasteiger partial charge in [0.1, 0.15) is 0 Å². The van der Waals surface area contributed by atoms with Crippen LogP contribution in [0.2, 0.25) is 0 Å². The number of hydrogen-bond acceptors (Lipinski definition) is 3. The standard InChI is InChI=1S/C16H22F3N3O2/c1-10(2)22-13(11-3-4-11)12(9-20-22)14(23)21-7-5-15(24,6-8-21)16(17,18)19/h9-11,24H,3-8H2,1-2H3. The second-order valence-electron chi connectivity index (χ2n) is 7.08. The molecule has 1 saturated carbocycles. The molecule has 8 heteroatoms. The molecular weight excluding hydrogens is 323 g/mol. The molecular formula is C16H22F3N3O2. The highest BCUT2D eigenvalue weighted by molar-refractivity contribution is 5.95. The van der Waals surface area contributed by atoms with E-state index in [0.717, 1.165) is 18.5 Å². The lowest BCUT2D eigenvalue weighted by molar-refractivity contribution is -0.271. The number of amides is 1. The van der Waals surface area contributed by atoms with Gasteiger partial charge in [-0.15, -0.1) is 0 Å². The van der Waals surface area contributed by atoms with Crippen molar-refractivity contribution in [2.45, 2.75) is 63.3 Å². The van der Waals surface area contributed by atoms with Crippen LogP contribution in [0.1, 0.15) is 67.5 Å². The number of halogens is 3. The summed E-state index contributed by atoms with van der Waals surface area (Å²) >= 11 is 0. The smallest absolute Gasteiger partial charge is 0.380 e. The Bertz CT molecular complexity index is 627. The fourth-order valence-corrected chi connectivity index (χ4v) is 3.25. The van der Waals surface area contributed by atoms with Crippen LogP contribution >= 0.6 is 0 Å². The molecule has 0 unspecified atom stereocenters. The van der Waals surface area contributed by atoms with E-state index in [2.05, 4.69) is 5.10 Å². The van der Waals surface area contributed by atoms with Crippen LogP contribution in [-0.2, 0) is 0 Å². The maximum atomic E-state index is 12.9. The van der Waals surface area contributed by atoms with Crippen molar-refractivity contribution in [1.29, 1.82) is 0 Å². The molecule has 0 atom stereocenters. The second kappa shape index (κ2) is 5.75. The van der Waals surface area contributed by atoms with Crippen molar-refractivity contribution in [2.24, 2.45) is 0 Å². The number of carbonyl (C=O) groups is 1. The predicted octanol–water partition coefficient (Wildman–Crippen LogP) is 2.87. The largest absolute Gasteiger partial charge is 0.417 e. The Kier molecular flexibility index (Phi) is 4.14. The molecule has 1 aliphatic carbocycles. The van der Waals surface area contributed by atoms with Gasteiger partial charge in [-0.2, -0.15) is 18.3 Å². The number of hydrogen-bond donors (Lipinski definition) is 1. The van der Waals surface area contributed by atoms with Gasteiger partial charge in [-0.25, -0.2) is 0 Å². The lowest BCUT2D eigenvalue weighted by Crippen LogP contribution is -2.54. The molecule has 24 heavy (non-hydrogen) atoms. The van der Waals surface area contributed by atoms with Gasteiger partial charge in [0.15, 0.2) is 5.60 Å². The summed E-state index contributed by atoms with van der Waals surface area (Å²) in [4.78, 5) is 14.2. The number of likely N-dealkylation sites (tertiary alicyclic amines) is 1. The Morgan fingerprint density at radius 2 is 1.92 bits per heavy atom. The lowest BCUT2D eigenvalue weighted by Gasteiger charge is -2.39. The summed E-state index contributed by atoms with van der Waals surface area (Å²) in [6.07, 6.45) is -2.10. The SMILES string of the molecule is CC(C)n1ncc(C(=O)N2CCC(O)(C(F)(F)F)CC2)c1C1CC1. The van der Waals surface area contributed by atoms with E-state index in [1.165, 1.54) is 11.1 Å². The van der Waals surface area contributed by atoms with E-state index in [4.69, 9.17) is 0 Å². The van der Waals surface area contributed by atoms with Crippen molar-refractivity contribution in [3.8, 4) is 0 Å². The molecule has 2 fully saturated rings. The molecule has 1 aliphatic heterocycles. The van der Waals surface area contributed by atoms with Gasteiger partial charge in [0.2, 0.25) is 0 Å². The fraction of sp³-hybridized carbons (Fsp3) is 0.750. The topological polar surface area (TPSA) is 58.4 Å². The monoisotopic (exact) mass is 345 g/mol. The zero-order chi connectivity index (χ0) is 17.7. The molecule has 1 aromatic heterocycles. The summed E-state index contributed by atoms with van der Waals surface area (Å²) in [5.74, 6) is 0.0266. The molecule has 0 aromatic carbocycles. The highest BCUT2D eigenvalue weighted by atomic mass is 19.4. The molecule has 0 spiro atoms. The van der Waals surface area contributed by atoms with Crippen LogP contribution in [0.15, 0.2) is 6.20 Å². The molecule has 2 aliphatic rings. The quantitative estimate of drug-likeness (QED) is 0.916. The van der Waals surface area contributed by atoms with Gasteiger partial charge >= 0.3 is 6.18 Å². The molecule has 1 aromatic rings. The zero-order valence-corrected chi connectivity index (χ0v) is 13.8. The number of carbonyl (C=O) groups excluding carboxylic acids is 1.